The maximum atomic E-state index is 11.9. The molecule has 1 amide bonds. The molecular weight excluding hydrogens is 306 g/mol. The van der Waals surface area contributed by atoms with Gasteiger partial charge in [-0.1, -0.05) is 19.3 Å². The minimum atomic E-state index is -0.178. The third-order valence-electron chi connectivity index (χ3n) is 4.21. The van der Waals surface area contributed by atoms with Gasteiger partial charge in [0.2, 0.25) is 11.9 Å². The lowest BCUT2D eigenvalue weighted by molar-refractivity contribution is -0.121. The molecule has 1 aromatic rings. The highest BCUT2D eigenvalue weighted by Gasteiger charge is 2.10. The van der Waals surface area contributed by atoms with Crippen LogP contribution in [0, 0.1) is 6.92 Å². The number of aromatic amines is 1. The Hall–Kier alpha value is -1.89. The Kier molecular flexibility index (Phi) is 7.74. The summed E-state index contributed by atoms with van der Waals surface area (Å²) in [5.74, 6) is 0.513. The number of anilines is 1. The zero-order valence-corrected chi connectivity index (χ0v) is 14.6. The molecule has 7 nitrogen and oxygen atoms in total. The van der Waals surface area contributed by atoms with Crippen LogP contribution in [0.2, 0.25) is 0 Å². The summed E-state index contributed by atoms with van der Waals surface area (Å²) in [6, 6.07) is 1.44. The second-order valence-electron chi connectivity index (χ2n) is 6.37. The molecule has 3 N–H and O–H groups in total. The largest absolute Gasteiger partial charge is 0.354 e. The molecule has 0 saturated carbocycles. The van der Waals surface area contributed by atoms with Crippen molar-refractivity contribution in [3.63, 3.8) is 0 Å². The number of H-pyrrole nitrogens is 1. The van der Waals surface area contributed by atoms with Gasteiger partial charge in [-0.05, 0) is 32.9 Å². The fourth-order valence-corrected chi connectivity index (χ4v) is 2.93. The van der Waals surface area contributed by atoms with Crippen molar-refractivity contribution >= 4 is 11.9 Å². The highest BCUT2D eigenvalue weighted by Crippen LogP contribution is 2.10. The molecule has 7 heteroatoms. The van der Waals surface area contributed by atoms with Crippen LogP contribution < -0.4 is 16.2 Å². The van der Waals surface area contributed by atoms with E-state index in [4.69, 9.17) is 0 Å². The molecule has 1 aliphatic heterocycles. The Morgan fingerprint density at radius 3 is 2.62 bits per heavy atom. The Balaban J connectivity index is 1.59. The molecule has 0 spiro atoms. The predicted octanol–water partition coefficient (Wildman–Crippen LogP) is 1.26. The van der Waals surface area contributed by atoms with Gasteiger partial charge in [0.1, 0.15) is 0 Å². The van der Waals surface area contributed by atoms with Gasteiger partial charge >= 0.3 is 0 Å². The van der Waals surface area contributed by atoms with Crippen molar-refractivity contribution in [2.75, 3.05) is 38.0 Å². The van der Waals surface area contributed by atoms with Crippen LogP contribution >= 0.6 is 0 Å². The van der Waals surface area contributed by atoms with Crippen LogP contribution in [0.1, 0.15) is 44.2 Å². The lowest BCUT2D eigenvalue weighted by atomic mass is 10.1. The first-order chi connectivity index (χ1) is 11.6. The second-order valence-corrected chi connectivity index (χ2v) is 6.37. The van der Waals surface area contributed by atoms with E-state index in [1.165, 1.54) is 38.2 Å². The molecule has 1 fully saturated rings. The normalized spacial score (nSPS) is 16.2. The standard InChI is InChI=1S/C17H29N5O2/c1-14-13-16(24)21-17(20-14)19-9-8-18-15(23)7-12-22-10-5-3-2-4-6-11-22/h13H,2-12H2,1H3,(H,18,23)(H2,19,20,21,24). The number of carbonyl (C=O) groups is 1. The summed E-state index contributed by atoms with van der Waals surface area (Å²) in [6.45, 7) is 5.87. The van der Waals surface area contributed by atoms with E-state index in [-0.39, 0.29) is 11.5 Å². The van der Waals surface area contributed by atoms with Crippen LogP contribution in [-0.4, -0.2) is 53.5 Å². The van der Waals surface area contributed by atoms with Crippen molar-refractivity contribution in [2.45, 2.75) is 45.4 Å². The van der Waals surface area contributed by atoms with E-state index in [0.29, 0.717) is 31.2 Å². The molecule has 1 aliphatic rings. The van der Waals surface area contributed by atoms with Gasteiger partial charge in [0, 0.05) is 37.8 Å². The Labute approximate surface area is 143 Å². The number of hydrogen-bond donors (Lipinski definition) is 3. The van der Waals surface area contributed by atoms with Crippen molar-refractivity contribution in [1.29, 1.82) is 0 Å². The van der Waals surface area contributed by atoms with Gasteiger partial charge in [-0.15, -0.1) is 0 Å². The molecule has 0 bridgehead atoms. The van der Waals surface area contributed by atoms with Gasteiger partial charge in [0.05, 0.1) is 0 Å². The Bertz CT molecular complexity index is 564. The number of rotatable bonds is 7. The van der Waals surface area contributed by atoms with Gasteiger partial charge < -0.3 is 15.5 Å². The van der Waals surface area contributed by atoms with Gasteiger partial charge in [0.25, 0.3) is 5.56 Å². The Morgan fingerprint density at radius 2 is 1.92 bits per heavy atom. The summed E-state index contributed by atoms with van der Waals surface area (Å²) in [7, 11) is 0. The van der Waals surface area contributed by atoms with E-state index in [1.54, 1.807) is 6.92 Å². The zero-order valence-electron chi connectivity index (χ0n) is 14.6. The number of hydrogen-bond acceptors (Lipinski definition) is 5. The highest BCUT2D eigenvalue weighted by atomic mass is 16.1. The average molecular weight is 335 g/mol. The number of amides is 1. The van der Waals surface area contributed by atoms with Crippen molar-refractivity contribution in [3.05, 3.63) is 22.1 Å². The molecule has 0 aromatic carbocycles. The fourth-order valence-electron chi connectivity index (χ4n) is 2.93. The van der Waals surface area contributed by atoms with E-state index in [1.807, 2.05) is 0 Å². The quantitative estimate of drug-likeness (QED) is 0.653. The Morgan fingerprint density at radius 1 is 1.21 bits per heavy atom. The van der Waals surface area contributed by atoms with Crippen molar-refractivity contribution < 1.29 is 4.79 Å². The maximum absolute atomic E-state index is 11.9. The minimum Gasteiger partial charge on any atom is -0.354 e. The van der Waals surface area contributed by atoms with E-state index >= 15 is 0 Å². The number of nitrogens with zero attached hydrogens (tertiary/aromatic N) is 2. The molecule has 1 saturated heterocycles. The molecule has 2 heterocycles. The second kappa shape index (κ2) is 10.1. The van der Waals surface area contributed by atoms with Crippen LogP contribution in [0.25, 0.3) is 0 Å². The lowest BCUT2D eigenvalue weighted by Gasteiger charge is -2.24. The number of nitrogens with one attached hydrogen (secondary N) is 3. The van der Waals surface area contributed by atoms with E-state index in [0.717, 1.165) is 19.6 Å². The van der Waals surface area contributed by atoms with Crippen LogP contribution in [-0.2, 0) is 4.79 Å². The average Bonchev–Trinajstić information content (AvgIpc) is 2.49. The highest BCUT2D eigenvalue weighted by molar-refractivity contribution is 5.76. The third-order valence-corrected chi connectivity index (χ3v) is 4.21. The summed E-state index contributed by atoms with van der Waals surface area (Å²) >= 11 is 0. The van der Waals surface area contributed by atoms with Crippen LogP contribution in [0.15, 0.2) is 10.9 Å². The number of likely N-dealkylation sites (tertiary alicyclic amines) is 1. The third kappa shape index (κ3) is 7.12. The SMILES string of the molecule is Cc1cc(=O)[nH]c(NCCNC(=O)CCN2CCCCCCC2)n1. The summed E-state index contributed by atoms with van der Waals surface area (Å²) < 4.78 is 0. The molecule has 0 aliphatic carbocycles. The molecule has 0 atom stereocenters. The van der Waals surface area contributed by atoms with Crippen molar-refractivity contribution in [3.8, 4) is 0 Å². The first-order valence-electron chi connectivity index (χ1n) is 8.94. The van der Waals surface area contributed by atoms with Crippen molar-refractivity contribution in [2.24, 2.45) is 0 Å². The smallest absolute Gasteiger partial charge is 0.252 e. The molecule has 0 radical (unpaired) electrons. The number of carbonyl (C=O) groups excluding carboxylic acids is 1. The van der Waals surface area contributed by atoms with E-state index in [2.05, 4.69) is 25.5 Å². The summed E-state index contributed by atoms with van der Waals surface area (Å²) in [5, 5.41) is 5.91. The van der Waals surface area contributed by atoms with Gasteiger partial charge in [-0.25, -0.2) is 4.98 Å². The van der Waals surface area contributed by atoms with Gasteiger partial charge in [-0.3, -0.25) is 14.6 Å². The topological polar surface area (TPSA) is 90.1 Å². The summed E-state index contributed by atoms with van der Waals surface area (Å²) in [4.78, 5) is 32.4. The lowest BCUT2D eigenvalue weighted by Crippen LogP contribution is -2.34. The van der Waals surface area contributed by atoms with Gasteiger partial charge in [-0.2, -0.15) is 0 Å². The fraction of sp³-hybridized carbons (Fsp3) is 0.706. The molecule has 1 aromatic heterocycles. The maximum Gasteiger partial charge on any atom is 0.252 e. The number of aromatic nitrogens is 2. The first-order valence-corrected chi connectivity index (χ1v) is 8.94. The number of aryl methyl sites for hydroxylation is 1. The molecule has 24 heavy (non-hydrogen) atoms. The zero-order chi connectivity index (χ0) is 17.2. The van der Waals surface area contributed by atoms with Crippen LogP contribution in [0.4, 0.5) is 5.95 Å². The monoisotopic (exact) mass is 335 g/mol. The van der Waals surface area contributed by atoms with Crippen LogP contribution in [0.5, 0.6) is 0 Å². The van der Waals surface area contributed by atoms with Crippen molar-refractivity contribution in [1.82, 2.24) is 20.2 Å². The molecule has 0 unspecified atom stereocenters. The van der Waals surface area contributed by atoms with Crippen LogP contribution in [0.3, 0.4) is 0 Å². The molecular formula is C17H29N5O2. The van der Waals surface area contributed by atoms with Gasteiger partial charge in [0.15, 0.2) is 0 Å². The molecule has 134 valence electrons. The van der Waals surface area contributed by atoms with E-state index < -0.39 is 0 Å². The summed E-state index contributed by atoms with van der Waals surface area (Å²) in [6.07, 6.45) is 7.00. The first kappa shape index (κ1) is 18.4. The predicted molar refractivity (Wildman–Crippen MR) is 95.2 cm³/mol. The molecule has 2 rings (SSSR count). The minimum absolute atomic E-state index is 0.0737. The van der Waals surface area contributed by atoms with E-state index in [9.17, 15) is 9.59 Å². The summed E-state index contributed by atoms with van der Waals surface area (Å²) in [5.41, 5.74) is 0.487.